The van der Waals surface area contributed by atoms with Gasteiger partial charge in [0.25, 0.3) is 0 Å². The molecule has 1 aliphatic carbocycles. The van der Waals surface area contributed by atoms with Crippen molar-refractivity contribution in [2.24, 2.45) is 10.9 Å². The fourth-order valence-corrected chi connectivity index (χ4v) is 4.75. The molecule has 8 nitrogen and oxygen atoms in total. The monoisotopic (exact) mass is 564 g/mol. The van der Waals surface area contributed by atoms with Crippen LogP contribution in [0.1, 0.15) is 5.01 Å². The number of halogens is 6. The number of ether oxygens (including phenoxy) is 1. The molecule has 1 amide bonds. The number of aliphatic hydroxyl groups is 1. The average Bonchev–Trinajstić information content (AvgIpc) is 3.45. The molecule has 1 aliphatic heterocycles. The summed E-state index contributed by atoms with van der Waals surface area (Å²) < 4.78 is 59.2. The SMILES string of the molecule is O=C(O)NC(CO)COc1cc(Cl)c(-c2nnc(C3=CC4C=C(C(F)(F)F)C=C(Cl)C4=N3)s2)cc1F. The summed E-state index contributed by atoms with van der Waals surface area (Å²) in [6, 6.07) is 1.23. The number of fused-ring (bicyclic) bond motifs is 1. The maximum absolute atomic E-state index is 14.6. The third kappa shape index (κ3) is 5.53. The number of allylic oxidation sites excluding steroid dienone is 5. The number of carbonyl (C=O) groups is 1. The molecule has 190 valence electrons. The van der Waals surface area contributed by atoms with Gasteiger partial charge in [-0.3, -0.25) is 0 Å². The average molecular weight is 565 g/mol. The van der Waals surface area contributed by atoms with Crippen molar-refractivity contribution in [3.8, 4) is 16.3 Å². The number of amides is 1. The third-order valence-corrected chi connectivity index (χ3v) is 6.59. The van der Waals surface area contributed by atoms with Crippen molar-refractivity contribution in [3.05, 3.63) is 56.8 Å². The maximum Gasteiger partial charge on any atom is 0.416 e. The number of nitrogens with one attached hydrogen (secondary N) is 1. The fourth-order valence-electron chi connectivity index (χ4n) is 3.32. The van der Waals surface area contributed by atoms with Crippen molar-refractivity contribution in [3.63, 3.8) is 0 Å². The summed E-state index contributed by atoms with van der Waals surface area (Å²) in [4.78, 5) is 15.0. The molecule has 3 N–H and O–H groups in total. The predicted octanol–water partition coefficient (Wildman–Crippen LogP) is 5.04. The van der Waals surface area contributed by atoms with E-state index in [9.17, 15) is 27.5 Å². The Balaban J connectivity index is 1.54. The van der Waals surface area contributed by atoms with E-state index in [0.29, 0.717) is 0 Å². The Morgan fingerprint density at radius 2 is 1.94 bits per heavy atom. The van der Waals surface area contributed by atoms with Gasteiger partial charge in [0.1, 0.15) is 11.6 Å². The number of rotatable bonds is 7. The minimum atomic E-state index is -4.55. The molecule has 2 unspecified atom stereocenters. The molecule has 0 fully saturated rings. The molecule has 36 heavy (non-hydrogen) atoms. The summed E-state index contributed by atoms with van der Waals surface area (Å²) >= 11 is 13.3. The number of aliphatic hydroxyl groups excluding tert-OH is 1. The van der Waals surface area contributed by atoms with Crippen molar-refractivity contribution >= 4 is 52.0 Å². The molecule has 1 aromatic heterocycles. The van der Waals surface area contributed by atoms with Crippen LogP contribution in [0, 0.1) is 11.7 Å². The van der Waals surface area contributed by atoms with Gasteiger partial charge in [-0.2, -0.15) is 13.2 Å². The standard InChI is InChI=1S/C21H14Cl2F4N4O4S/c22-12-5-16(35-7-10(6-32)28-20(33)34)14(24)4-11(12)18-30-31-19(36-18)15-2-8-1-9(21(25,26)27)3-13(23)17(8)29-15/h1-5,8,10,28,32H,6-7H2,(H,33,34). The molecule has 2 aromatic rings. The van der Waals surface area contributed by atoms with Crippen LogP contribution in [0.5, 0.6) is 5.75 Å². The number of hydrogen-bond acceptors (Lipinski definition) is 7. The van der Waals surface area contributed by atoms with Crippen LogP contribution < -0.4 is 10.1 Å². The van der Waals surface area contributed by atoms with Crippen LogP contribution in [0.15, 0.2) is 46.0 Å². The number of benzene rings is 1. The molecule has 2 aliphatic rings. The molecular formula is C21H14Cl2F4N4O4S. The summed E-state index contributed by atoms with van der Waals surface area (Å²) in [5.41, 5.74) is -0.183. The Labute approximate surface area is 214 Å². The van der Waals surface area contributed by atoms with Crippen molar-refractivity contribution in [2.45, 2.75) is 12.2 Å². The van der Waals surface area contributed by atoms with Crippen LogP contribution in [0.25, 0.3) is 16.3 Å². The Morgan fingerprint density at radius 1 is 1.22 bits per heavy atom. The van der Waals surface area contributed by atoms with Gasteiger partial charge < -0.3 is 20.3 Å². The first kappa shape index (κ1) is 26.1. The first-order valence-electron chi connectivity index (χ1n) is 9.99. The Kier molecular flexibility index (Phi) is 7.36. The topological polar surface area (TPSA) is 117 Å². The Bertz CT molecular complexity index is 1340. The molecule has 0 bridgehead atoms. The van der Waals surface area contributed by atoms with Crippen molar-refractivity contribution in [1.29, 1.82) is 0 Å². The van der Waals surface area contributed by atoms with Gasteiger partial charge >= 0.3 is 12.3 Å². The number of aromatic nitrogens is 2. The zero-order chi connectivity index (χ0) is 26.2. The van der Waals surface area contributed by atoms with Crippen LogP contribution in [0.2, 0.25) is 5.02 Å². The quantitative estimate of drug-likeness (QED) is 0.405. The molecular weight excluding hydrogens is 551 g/mol. The normalized spacial score (nSPS) is 18.0. The molecule has 0 saturated carbocycles. The smallest absolute Gasteiger partial charge is 0.416 e. The van der Waals surface area contributed by atoms with E-state index < -0.39 is 42.2 Å². The Morgan fingerprint density at radius 3 is 2.61 bits per heavy atom. The summed E-state index contributed by atoms with van der Waals surface area (Å²) in [5, 5.41) is 28.3. The first-order chi connectivity index (χ1) is 17.0. The number of hydrogen-bond donors (Lipinski definition) is 3. The van der Waals surface area contributed by atoms with E-state index in [1.165, 1.54) is 12.1 Å². The second kappa shape index (κ2) is 10.2. The summed E-state index contributed by atoms with van der Waals surface area (Å²) in [5.74, 6) is -1.88. The highest BCUT2D eigenvalue weighted by Crippen LogP contribution is 2.41. The maximum atomic E-state index is 14.6. The summed E-state index contributed by atoms with van der Waals surface area (Å²) in [7, 11) is 0. The molecule has 0 saturated heterocycles. The van der Waals surface area contributed by atoms with Gasteiger partial charge in [0.2, 0.25) is 0 Å². The van der Waals surface area contributed by atoms with Gasteiger partial charge in [-0.25, -0.2) is 14.2 Å². The van der Waals surface area contributed by atoms with E-state index in [4.69, 9.17) is 33.0 Å². The van der Waals surface area contributed by atoms with E-state index in [1.54, 1.807) is 0 Å². The molecule has 15 heteroatoms. The van der Waals surface area contributed by atoms with Crippen LogP contribution in [-0.2, 0) is 0 Å². The highest BCUT2D eigenvalue weighted by atomic mass is 35.5. The van der Waals surface area contributed by atoms with E-state index in [0.717, 1.165) is 29.6 Å². The van der Waals surface area contributed by atoms with Gasteiger partial charge in [-0.15, -0.1) is 10.2 Å². The van der Waals surface area contributed by atoms with Crippen molar-refractivity contribution < 1.29 is 37.3 Å². The number of carboxylic acid groups (broad SMARTS) is 1. The van der Waals surface area contributed by atoms with Crippen LogP contribution in [0.4, 0.5) is 22.4 Å². The molecule has 1 aromatic carbocycles. The molecule has 4 rings (SSSR count). The van der Waals surface area contributed by atoms with Gasteiger partial charge in [-0.1, -0.05) is 40.6 Å². The summed E-state index contributed by atoms with van der Waals surface area (Å²) in [6.45, 7) is -0.919. The van der Waals surface area contributed by atoms with Gasteiger partial charge in [-0.05, 0) is 18.2 Å². The highest BCUT2D eigenvalue weighted by Gasteiger charge is 2.38. The second-order valence-electron chi connectivity index (χ2n) is 7.50. The van der Waals surface area contributed by atoms with Crippen molar-refractivity contribution in [1.82, 2.24) is 15.5 Å². The van der Waals surface area contributed by atoms with Gasteiger partial charge in [0.15, 0.2) is 16.6 Å². The second-order valence-corrected chi connectivity index (χ2v) is 9.29. The largest absolute Gasteiger partial charge is 0.488 e. The fraction of sp³-hybridized carbons (Fsp3) is 0.238. The lowest BCUT2D eigenvalue weighted by Gasteiger charge is -2.17. The zero-order valence-electron chi connectivity index (χ0n) is 17.7. The minimum Gasteiger partial charge on any atom is -0.488 e. The zero-order valence-corrected chi connectivity index (χ0v) is 20.0. The van der Waals surface area contributed by atoms with Crippen LogP contribution >= 0.6 is 34.5 Å². The molecule has 0 radical (unpaired) electrons. The van der Waals surface area contributed by atoms with Crippen LogP contribution in [-0.4, -0.2) is 57.6 Å². The summed E-state index contributed by atoms with van der Waals surface area (Å²) in [6.07, 6.45) is -2.64. The minimum absolute atomic E-state index is 0.0463. The third-order valence-electron chi connectivity index (χ3n) is 4.99. The van der Waals surface area contributed by atoms with Crippen molar-refractivity contribution in [2.75, 3.05) is 13.2 Å². The van der Waals surface area contributed by atoms with Gasteiger partial charge in [0, 0.05) is 17.5 Å². The van der Waals surface area contributed by atoms with E-state index >= 15 is 0 Å². The lowest BCUT2D eigenvalue weighted by Crippen LogP contribution is -2.40. The first-order valence-corrected chi connectivity index (χ1v) is 11.6. The van der Waals surface area contributed by atoms with Crippen LogP contribution in [0.3, 0.4) is 0 Å². The number of alkyl halides is 3. The highest BCUT2D eigenvalue weighted by molar-refractivity contribution is 7.15. The number of nitrogens with zero attached hydrogens (tertiary/aromatic N) is 3. The lowest BCUT2D eigenvalue weighted by atomic mass is 9.94. The number of aliphatic imine (C=N–C) groups is 1. The van der Waals surface area contributed by atoms with Gasteiger partial charge in [0.05, 0.1) is 39.7 Å². The lowest BCUT2D eigenvalue weighted by molar-refractivity contribution is -0.0885. The van der Waals surface area contributed by atoms with E-state index in [2.05, 4.69) is 15.2 Å². The van der Waals surface area contributed by atoms with E-state index in [-0.39, 0.29) is 49.4 Å². The molecule has 2 heterocycles. The Hall–Kier alpha value is -3.00. The predicted molar refractivity (Wildman–Crippen MR) is 125 cm³/mol. The van der Waals surface area contributed by atoms with E-state index in [1.807, 2.05) is 5.32 Å². The molecule has 2 atom stereocenters. The molecule has 0 spiro atoms.